The molecule has 2 atom stereocenters. The number of nitrogens with one attached hydrogen (secondary N) is 3. The van der Waals surface area contributed by atoms with Gasteiger partial charge in [0.05, 0.1) is 15.7 Å². The zero-order chi connectivity index (χ0) is 32.7. The number of phenols is 1. The number of carbonyl (C=O) groups excluding carboxylic acids is 4. The van der Waals surface area contributed by atoms with Crippen LogP contribution in [0.4, 0.5) is 14.9 Å². The van der Waals surface area contributed by atoms with Gasteiger partial charge in [0.2, 0.25) is 17.7 Å². The summed E-state index contributed by atoms with van der Waals surface area (Å²) in [6.45, 7) is -0.291. The zero-order valence-electron chi connectivity index (χ0n) is 23.7. The van der Waals surface area contributed by atoms with Crippen LogP contribution < -0.4 is 16.0 Å². The molecule has 0 aliphatic carbocycles. The molecule has 1 aliphatic rings. The van der Waals surface area contributed by atoms with Crippen molar-refractivity contribution in [1.82, 2.24) is 15.5 Å². The summed E-state index contributed by atoms with van der Waals surface area (Å²) in [7, 11) is 0. The molecule has 1 aliphatic heterocycles. The van der Waals surface area contributed by atoms with E-state index in [-0.39, 0.29) is 61.0 Å². The lowest BCUT2D eigenvalue weighted by Gasteiger charge is -2.37. The van der Waals surface area contributed by atoms with Crippen LogP contribution in [0.15, 0.2) is 60.7 Å². The van der Waals surface area contributed by atoms with E-state index in [9.17, 15) is 33.5 Å². The van der Waals surface area contributed by atoms with Crippen molar-refractivity contribution in [3.63, 3.8) is 0 Å². The van der Waals surface area contributed by atoms with Crippen LogP contribution >= 0.6 is 23.2 Å². The highest BCUT2D eigenvalue weighted by Crippen LogP contribution is 2.30. The van der Waals surface area contributed by atoms with Crippen LogP contribution in [-0.2, 0) is 27.3 Å². The Hall–Kier alpha value is -4.68. The van der Waals surface area contributed by atoms with Crippen molar-refractivity contribution in [2.24, 2.45) is 0 Å². The molecule has 11 nitrogen and oxygen atoms in total. The molecule has 2 unspecified atom stereocenters. The predicted octanol–water partition coefficient (Wildman–Crippen LogP) is 4.54. The molecule has 4 amide bonds. The minimum absolute atomic E-state index is 0.0273. The number of rotatable bonds is 11. The summed E-state index contributed by atoms with van der Waals surface area (Å²) in [6, 6.07) is 13.0. The molecular weight excluding hydrogens is 630 g/mol. The Balaban J connectivity index is 1.55. The second-order valence-electron chi connectivity index (χ2n) is 10.3. The maximum atomic E-state index is 14.6. The van der Waals surface area contributed by atoms with Crippen molar-refractivity contribution in [2.75, 3.05) is 11.9 Å². The van der Waals surface area contributed by atoms with Crippen molar-refractivity contribution in [2.45, 2.75) is 44.3 Å². The van der Waals surface area contributed by atoms with E-state index < -0.39 is 46.7 Å². The Morgan fingerprint density at radius 2 is 1.71 bits per heavy atom. The number of nitrogens with zero attached hydrogens (tertiary/aromatic N) is 1. The number of anilines is 1. The standard InChI is InChI=1S/C31H29Cl2FN4O7/c32-21-8-9-22(28(34)27(21)33)36-29(42)23(12-13-35-31(44)45)37-30(43)24-15-18-6-7-20(39)14-19(18)16-38(24)26(41)11-10-25(40)17-4-2-1-3-5-17/h1-9,14,23-24,35,39H,10-13,15-16H2,(H,36,42)(H,37,43)(H,44,45). The van der Waals surface area contributed by atoms with Crippen LogP contribution in [0, 0.1) is 5.82 Å². The first-order chi connectivity index (χ1) is 21.4. The van der Waals surface area contributed by atoms with Gasteiger partial charge in [-0.05, 0) is 41.8 Å². The third-order valence-electron chi connectivity index (χ3n) is 7.24. The SMILES string of the molecule is O=C(O)NCCC(NC(=O)C1Cc2ccc(O)cc2CN1C(=O)CCC(=O)c1ccccc1)C(=O)Nc1ccc(Cl)c(Cl)c1F. The van der Waals surface area contributed by atoms with Gasteiger partial charge in [-0.25, -0.2) is 9.18 Å². The van der Waals surface area contributed by atoms with Crippen molar-refractivity contribution in [3.8, 4) is 5.75 Å². The fraction of sp³-hybridized carbons (Fsp3) is 0.258. The molecule has 1 heterocycles. The van der Waals surface area contributed by atoms with Gasteiger partial charge in [0, 0.05) is 37.9 Å². The van der Waals surface area contributed by atoms with E-state index in [2.05, 4.69) is 16.0 Å². The molecule has 0 aromatic heterocycles. The van der Waals surface area contributed by atoms with Crippen LogP contribution in [0.5, 0.6) is 5.75 Å². The normalized spacial score (nSPS) is 14.6. The van der Waals surface area contributed by atoms with Gasteiger partial charge in [0.1, 0.15) is 17.8 Å². The maximum absolute atomic E-state index is 14.6. The average Bonchev–Trinajstić information content (AvgIpc) is 3.02. The number of hydrogen-bond acceptors (Lipinski definition) is 6. The molecule has 0 fully saturated rings. The predicted molar refractivity (Wildman–Crippen MR) is 164 cm³/mol. The van der Waals surface area contributed by atoms with Crippen molar-refractivity contribution < 1.29 is 38.6 Å². The number of aromatic hydroxyl groups is 1. The summed E-state index contributed by atoms with van der Waals surface area (Å²) in [5.41, 5.74) is 1.42. The van der Waals surface area contributed by atoms with Crippen LogP contribution in [0.25, 0.3) is 0 Å². The zero-order valence-corrected chi connectivity index (χ0v) is 25.2. The molecule has 45 heavy (non-hydrogen) atoms. The van der Waals surface area contributed by atoms with Gasteiger partial charge in [-0.3, -0.25) is 19.2 Å². The molecule has 0 radical (unpaired) electrons. The number of carbonyl (C=O) groups is 5. The first-order valence-electron chi connectivity index (χ1n) is 13.8. The van der Waals surface area contributed by atoms with Gasteiger partial charge in [-0.2, -0.15) is 0 Å². The van der Waals surface area contributed by atoms with E-state index in [4.69, 9.17) is 28.3 Å². The van der Waals surface area contributed by atoms with Gasteiger partial charge < -0.3 is 31.1 Å². The number of benzene rings is 3. The van der Waals surface area contributed by atoms with Gasteiger partial charge in [0.15, 0.2) is 11.6 Å². The highest BCUT2D eigenvalue weighted by atomic mass is 35.5. The molecule has 0 saturated carbocycles. The Kier molecular flexibility index (Phi) is 11.0. The van der Waals surface area contributed by atoms with E-state index in [1.807, 2.05) is 0 Å². The first-order valence-corrected chi connectivity index (χ1v) is 14.6. The van der Waals surface area contributed by atoms with Crippen LogP contribution in [0.3, 0.4) is 0 Å². The molecule has 3 aromatic rings. The smallest absolute Gasteiger partial charge is 0.404 e. The Morgan fingerprint density at radius 3 is 2.42 bits per heavy atom. The lowest BCUT2D eigenvalue weighted by Crippen LogP contribution is -2.56. The van der Waals surface area contributed by atoms with E-state index in [0.29, 0.717) is 16.7 Å². The fourth-order valence-corrected chi connectivity index (χ4v) is 5.21. The van der Waals surface area contributed by atoms with Gasteiger partial charge in [-0.15, -0.1) is 0 Å². The third kappa shape index (κ3) is 8.49. The summed E-state index contributed by atoms with van der Waals surface area (Å²) in [4.78, 5) is 65.4. The summed E-state index contributed by atoms with van der Waals surface area (Å²) in [5, 5.41) is 25.5. The van der Waals surface area contributed by atoms with Crippen LogP contribution in [0.1, 0.15) is 40.7 Å². The van der Waals surface area contributed by atoms with E-state index in [1.165, 1.54) is 29.2 Å². The second-order valence-corrected chi connectivity index (χ2v) is 11.1. The number of carboxylic acid groups (broad SMARTS) is 1. The van der Waals surface area contributed by atoms with E-state index >= 15 is 0 Å². The van der Waals surface area contributed by atoms with Crippen LogP contribution in [-0.4, -0.2) is 63.3 Å². The number of Topliss-reactive ketones (excluding diaryl/α,β-unsaturated/α-hetero) is 1. The summed E-state index contributed by atoms with van der Waals surface area (Å²) >= 11 is 11.7. The molecule has 236 valence electrons. The van der Waals surface area contributed by atoms with Crippen molar-refractivity contribution in [1.29, 1.82) is 0 Å². The second kappa shape index (κ2) is 14.9. The molecule has 0 bridgehead atoms. The van der Waals surface area contributed by atoms with Gasteiger partial charge in [0.25, 0.3) is 0 Å². The highest BCUT2D eigenvalue weighted by molar-refractivity contribution is 6.42. The quantitative estimate of drug-likeness (QED) is 0.149. The van der Waals surface area contributed by atoms with Crippen molar-refractivity contribution >= 4 is 58.5 Å². The molecule has 3 aromatic carbocycles. The maximum Gasteiger partial charge on any atom is 0.404 e. The molecule has 4 rings (SSSR count). The fourth-order valence-electron chi connectivity index (χ4n) is 4.90. The van der Waals surface area contributed by atoms with Crippen molar-refractivity contribution in [3.05, 3.63) is 93.2 Å². The molecule has 14 heteroatoms. The molecule has 0 spiro atoms. The number of hydrogen-bond donors (Lipinski definition) is 5. The van der Waals surface area contributed by atoms with E-state index in [1.54, 1.807) is 36.4 Å². The molecular formula is C31H29Cl2FN4O7. The number of amides is 4. The summed E-state index contributed by atoms with van der Waals surface area (Å²) in [6.07, 6.45) is -1.85. The lowest BCUT2D eigenvalue weighted by atomic mass is 9.92. The number of ketones is 1. The third-order valence-corrected chi connectivity index (χ3v) is 8.02. The van der Waals surface area contributed by atoms with Crippen LogP contribution in [0.2, 0.25) is 10.0 Å². The highest BCUT2D eigenvalue weighted by Gasteiger charge is 2.36. The topological polar surface area (TPSA) is 165 Å². The Bertz CT molecular complexity index is 1620. The summed E-state index contributed by atoms with van der Waals surface area (Å²) < 4.78 is 14.6. The Morgan fingerprint density at radius 1 is 0.978 bits per heavy atom. The number of phenolic OH excluding ortho intramolecular Hbond substituents is 1. The minimum atomic E-state index is -1.36. The minimum Gasteiger partial charge on any atom is -0.508 e. The van der Waals surface area contributed by atoms with Gasteiger partial charge in [-0.1, -0.05) is 59.6 Å². The molecule has 5 N–H and O–H groups in total. The van der Waals surface area contributed by atoms with E-state index in [0.717, 1.165) is 0 Å². The average molecular weight is 659 g/mol. The number of fused-ring (bicyclic) bond motifs is 1. The lowest BCUT2D eigenvalue weighted by molar-refractivity contribution is -0.142. The first kappa shape index (κ1) is 33.2. The molecule has 0 saturated heterocycles. The van der Waals surface area contributed by atoms with Gasteiger partial charge >= 0.3 is 6.09 Å². The largest absolute Gasteiger partial charge is 0.508 e. The summed E-state index contributed by atoms with van der Waals surface area (Å²) in [5.74, 6) is -3.39. The number of halogens is 3. The Labute approximate surface area is 267 Å². The monoisotopic (exact) mass is 658 g/mol.